The second-order valence-electron chi connectivity index (χ2n) is 5.33. The third-order valence-electron chi connectivity index (χ3n) is 3.90. The molecule has 6 nitrogen and oxygen atoms in total. The van der Waals surface area contributed by atoms with Gasteiger partial charge < -0.3 is 9.32 Å². The average molecular weight is 300 g/mol. The summed E-state index contributed by atoms with van der Waals surface area (Å²) in [5, 5.41) is 11.0. The van der Waals surface area contributed by atoms with E-state index < -0.39 is 4.92 Å². The molecule has 114 valence electrons. The molecule has 0 spiro atoms. The Kier molecular flexibility index (Phi) is 3.91. The molecule has 1 aromatic heterocycles. The zero-order chi connectivity index (χ0) is 15.5. The zero-order valence-electron chi connectivity index (χ0n) is 12.0. The average Bonchev–Trinajstić information content (AvgIpc) is 3.04. The standard InChI is InChI=1S/C16H16N2O4/c19-11-13-5-7-16(22-13)14-10-12(18(20)21)4-6-15(14)17-8-2-1-3-9-17/h4-7,10-11H,1-3,8-9H2. The first-order valence-electron chi connectivity index (χ1n) is 7.28. The number of non-ortho nitro benzene ring substituents is 1. The molecule has 0 N–H and O–H groups in total. The highest BCUT2D eigenvalue weighted by Gasteiger charge is 2.20. The van der Waals surface area contributed by atoms with Crippen molar-refractivity contribution < 1.29 is 14.1 Å². The minimum atomic E-state index is -0.424. The van der Waals surface area contributed by atoms with Crippen molar-refractivity contribution in [3.8, 4) is 11.3 Å². The first-order chi connectivity index (χ1) is 10.7. The van der Waals surface area contributed by atoms with Crippen LogP contribution >= 0.6 is 0 Å². The summed E-state index contributed by atoms with van der Waals surface area (Å²) in [6.45, 7) is 1.85. The highest BCUT2D eigenvalue weighted by molar-refractivity contribution is 5.80. The molecule has 1 fully saturated rings. The van der Waals surface area contributed by atoms with Crippen LogP contribution in [0.15, 0.2) is 34.7 Å². The van der Waals surface area contributed by atoms with Crippen LogP contribution in [0.5, 0.6) is 0 Å². The van der Waals surface area contributed by atoms with Gasteiger partial charge in [0.2, 0.25) is 0 Å². The van der Waals surface area contributed by atoms with Gasteiger partial charge in [-0.25, -0.2) is 0 Å². The van der Waals surface area contributed by atoms with Crippen LogP contribution in [-0.2, 0) is 0 Å². The van der Waals surface area contributed by atoms with E-state index in [-0.39, 0.29) is 11.4 Å². The van der Waals surface area contributed by atoms with E-state index in [9.17, 15) is 14.9 Å². The van der Waals surface area contributed by atoms with Gasteiger partial charge >= 0.3 is 0 Å². The predicted molar refractivity (Wildman–Crippen MR) is 82.2 cm³/mol. The van der Waals surface area contributed by atoms with Crippen molar-refractivity contribution in [2.45, 2.75) is 19.3 Å². The lowest BCUT2D eigenvalue weighted by molar-refractivity contribution is -0.384. The first kappa shape index (κ1) is 14.3. The Hall–Kier alpha value is -2.63. The molecule has 2 heterocycles. The third-order valence-corrected chi connectivity index (χ3v) is 3.90. The van der Waals surface area contributed by atoms with Crippen LogP contribution in [-0.4, -0.2) is 24.3 Å². The fourth-order valence-corrected chi connectivity index (χ4v) is 2.81. The number of piperidine rings is 1. The van der Waals surface area contributed by atoms with Gasteiger partial charge in [0.25, 0.3) is 5.69 Å². The molecule has 0 radical (unpaired) electrons. The second-order valence-corrected chi connectivity index (χ2v) is 5.33. The topological polar surface area (TPSA) is 76.6 Å². The first-order valence-corrected chi connectivity index (χ1v) is 7.28. The number of carbonyl (C=O) groups excluding carboxylic acids is 1. The van der Waals surface area contributed by atoms with Crippen molar-refractivity contribution in [2.24, 2.45) is 0 Å². The van der Waals surface area contributed by atoms with E-state index >= 15 is 0 Å². The highest BCUT2D eigenvalue weighted by Crippen LogP contribution is 2.36. The molecule has 1 saturated heterocycles. The predicted octanol–water partition coefficient (Wildman–Crippen LogP) is 3.66. The van der Waals surface area contributed by atoms with Gasteiger partial charge in [-0.3, -0.25) is 14.9 Å². The van der Waals surface area contributed by atoms with Crippen LogP contribution < -0.4 is 4.90 Å². The molecule has 1 aromatic carbocycles. The summed E-state index contributed by atoms with van der Waals surface area (Å²) >= 11 is 0. The summed E-state index contributed by atoms with van der Waals surface area (Å²) in [6, 6.07) is 8.04. The van der Waals surface area contributed by atoms with Crippen molar-refractivity contribution in [3.05, 3.63) is 46.2 Å². The summed E-state index contributed by atoms with van der Waals surface area (Å²) in [7, 11) is 0. The number of carbonyl (C=O) groups is 1. The van der Waals surface area contributed by atoms with Crippen molar-refractivity contribution in [2.75, 3.05) is 18.0 Å². The lowest BCUT2D eigenvalue weighted by Gasteiger charge is -2.30. The molecule has 0 unspecified atom stereocenters. The van der Waals surface area contributed by atoms with Gasteiger partial charge in [0.1, 0.15) is 5.76 Å². The van der Waals surface area contributed by atoms with E-state index in [1.54, 1.807) is 18.2 Å². The number of furan rings is 1. The van der Waals surface area contributed by atoms with Crippen LogP contribution in [0.1, 0.15) is 29.8 Å². The minimum Gasteiger partial charge on any atom is -0.453 e. The Morgan fingerprint density at radius 3 is 2.55 bits per heavy atom. The highest BCUT2D eigenvalue weighted by atomic mass is 16.6. The number of benzene rings is 1. The summed E-state index contributed by atoms with van der Waals surface area (Å²) in [4.78, 5) is 23.6. The smallest absolute Gasteiger partial charge is 0.270 e. The molecule has 0 atom stereocenters. The Labute approximate surface area is 127 Å². The van der Waals surface area contributed by atoms with Crippen LogP contribution in [0.3, 0.4) is 0 Å². The van der Waals surface area contributed by atoms with E-state index in [4.69, 9.17) is 4.42 Å². The SMILES string of the molecule is O=Cc1ccc(-c2cc([N+](=O)[O-])ccc2N2CCCCC2)o1. The number of hydrogen-bond donors (Lipinski definition) is 0. The maximum atomic E-state index is 11.0. The van der Waals surface area contributed by atoms with Crippen molar-refractivity contribution >= 4 is 17.7 Å². The molecule has 3 rings (SSSR count). The fourth-order valence-electron chi connectivity index (χ4n) is 2.81. The van der Waals surface area contributed by atoms with Gasteiger partial charge in [-0.2, -0.15) is 0 Å². The number of hydrogen-bond acceptors (Lipinski definition) is 5. The maximum absolute atomic E-state index is 11.0. The van der Waals surface area contributed by atoms with Crippen LogP contribution in [0.4, 0.5) is 11.4 Å². The van der Waals surface area contributed by atoms with Crippen molar-refractivity contribution in [1.29, 1.82) is 0 Å². The molecule has 6 heteroatoms. The molecule has 0 amide bonds. The molecule has 0 saturated carbocycles. The molecule has 22 heavy (non-hydrogen) atoms. The van der Waals surface area contributed by atoms with Crippen LogP contribution in [0.2, 0.25) is 0 Å². The van der Waals surface area contributed by atoms with Gasteiger partial charge in [0, 0.05) is 36.5 Å². The number of nitro benzene ring substituents is 1. The number of nitro groups is 1. The van der Waals surface area contributed by atoms with E-state index in [0.29, 0.717) is 17.6 Å². The Morgan fingerprint density at radius 2 is 1.91 bits per heavy atom. The van der Waals surface area contributed by atoms with Crippen LogP contribution in [0.25, 0.3) is 11.3 Å². The molecule has 1 aliphatic rings. The van der Waals surface area contributed by atoms with E-state index in [0.717, 1.165) is 31.6 Å². The van der Waals surface area contributed by atoms with Gasteiger partial charge in [-0.15, -0.1) is 0 Å². The van der Waals surface area contributed by atoms with Crippen molar-refractivity contribution in [1.82, 2.24) is 0 Å². The van der Waals surface area contributed by atoms with Gasteiger partial charge in [0.05, 0.1) is 4.92 Å². The Balaban J connectivity index is 2.07. The van der Waals surface area contributed by atoms with E-state index in [1.165, 1.54) is 18.6 Å². The minimum absolute atomic E-state index is 0.0137. The Bertz CT molecular complexity index is 702. The molecular formula is C16H16N2O4. The van der Waals surface area contributed by atoms with Gasteiger partial charge in [-0.05, 0) is 37.5 Å². The molecule has 1 aliphatic heterocycles. The number of rotatable bonds is 4. The number of anilines is 1. The quantitative estimate of drug-likeness (QED) is 0.489. The second kappa shape index (κ2) is 6.01. The summed E-state index contributed by atoms with van der Waals surface area (Å²) in [5.74, 6) is 0.692. The zero-order valence-corrected chi connectivity index (χ0v) is 12.0. The molecule has 2 aromatic rings. The summed E-state index contributed by atoms with van der Waals surface area (Å²) in [6.07, 6.45) is 4.04. The maximum Gasteiger partial charge on any atom is 0.270 e. The van der Waals surface area contributed by atoms with Crippen LogP contribution in [0, 0.1) is 10.1 Å². The molecular weight excluding hydrogens is 284 g/mol. The van der Waals surface area contributed by atoms with Crippen molar-refractivity contribution in [3.63, 3.8) is 0 Å². The number of aldehydes is 1. The summed E-state index contributed by atoms with van der Waals surface area (Å²) in [5.41, 5.74) is 1.58. The lowest BCUT2D eigenvalue weighted by atomic mass is 10.0. The van der Waals surface area contributed by atoms with E-state index in [2.05, 4.69) is 4.90 Å². The fraction of sp³-hybridized carbons (Fsp3) is 0.312. The molecule has 0 aliphatic carbocycles. The molecule has 0 bridgehead atoms. The van der Waals surface area contributed by atoms with Gasteiger partial charge in [-0.1, -0.05) is 0 Å². The van der Waals surface area contributed by atoms with Gasteiger partial charge in [0.15, 0.2) is 12.0 Å². The number of nitrogens with zero attached hydrogens (tertiary/aromatic N) is 2. The monoisotopic (exact) mass is 300 g/mol. The normalized spacial score (nSPS) is 14.8. The van der Waals surface area contributed by atoms with E-state index in [1.807, 2.05) is 0 Å². The Morgan fingerprint density at radius 1 is 1.14 bits per heavy atom. The largest absolute Gasteiger partial charge is 0.453 e. The lowest BCUT2D eigenvalue weighted by Crippen LogP contribution is -2.29. The third kappa shape index (κ3) is 2.72. The summed E-state index contributed by atoms with van der Waals surface area (Å²) < 4.78 is 5.47.